The molecule has 0 saturated heterocycles. The predicted molar refractivity (Wildman–Crippen MR) is 126 cm³/mol. The third-order valence-corrected chi connectivity index (χ3v) is 6.73. The number of para-hydroxylation sites is 1. The lowest BCUT2D eigenvalue weighted by Crippen LogP contribution is -2.30. The first-order chi connectivity index (χ1) is 15.2. The molecule has 0 unspecified atom stereocenters. The molecule has 32 heavy (non-hydrogen) atoms. The van der Waals surface area contributed by atoms with Gasteiger partial charge in [0.15, 0.2) is 0 Å². The molecule has 9 nitrogen and oxygen atoms in total. The molecule has 0 aliphatic rings. The number of benzene rings is 2. The van der Waals surface area contributed by atoms with Crippen molar-refractivity contribution in [2.45, 2.75) is 18.4 Å². The summed E-state index contributed by atoms with van der Waals surface area (Å²) in [6.07, 6.45) is 1.69. The minimum atomic E-state index is -3.97. The van der Waals surface area contributed by atoms with E-state index in [0.29, 0.717) is 12.2 Å². The van der Waals surface area contributed by atoms with Gasteiger partial charge in [-0.2, -0.15) is 0 Å². The van der Waals surface area contributed by atoms with Gasteiger partial charge in [0.1, 0.15) is 11.5 Å². The first-order valence-corrected chi connectivity index (χ1v) is 11.4. The van der Waals surface area contributed by atoms with E-state index < -0.39 is 14.9 Å². The predicted octanol–water partition coefficient (Wildman–Crippen LogP) is 3.88. The Hall–Kier alpha value is -3.66. The normalized spacial score (nSPS) is 11.1. The van der Waals surface area contributed by atoms with Crippen LogP contribution in [0.25, 0.3) is 0 Å². The SMILES string of the molecule is CCN(c1ccccc1)S(=O)(=O)c1ccc(NCc2ccc(N(C)C)nc2)c([N+](=O)[O-])c1. The molecule has 0 fully saturated rings. The number of rotatable bonds is 9. The molecule has 1 N–H and O–H groups in total. The van der Waals surface area contributed by atoms with Crippen LogP contribution in [0.3, 0.4) is 0 Å². The van der Waals surface area contributed by atoms with Gasteiger partial charge in [0.05, 0.1) is 15.5 Å². The minimum Gasteiger partial charge on any atom is -0.375 e. The van der Waals surface area contributed by atoms with Crippen LogP contribution in [-0.4, -0.2) is 39.0 Å². The zero-order valence-electron chi connectivity index (χ0n) is 18.1. The van der Waals surface area contributed by atoms with E-state index >= 15 is 0 Å². The van der Waals surface area contributed by atoms with Gasteiger partial charge in [-0.1, -0.05) is 24.3 Å². The number of sulfonamides is 1. The molecule has 0 spiro atoms. The average molecular weight is 456 g/mol. The molecule has 0 amide bonds. The van der Waals surface area contributed by atoms with Gasteiger partial charge in [-0.15, -0.1) is 0 Å². The molecule has 0 aliphatic carbocycles. The van der Waals surface area contributed by atoms with E-state index in [-0.39, 0.29) is 22.8 Å². The maximum atomic E-state index is 13.2. The Bertz CT molecular complexity index is 1180. The van der Waals surface area contributed by atoms with Gasteiger partial charge in [0.25, 0.3) is 15.7 Å². The molecule has 10 heteroatoms. The maximum Gasteiger partial charge on any atom is 0.293 e. The van der Waals surface area contributed by atoms with Gasteiger partial charge in [-0.3, -0.25) is 14.4 Å². The fourth-order valence-electron chi connectivity index (χ4n) is 3.17. The molecule has 0 bridgehead atoms. The fourth-order valence-corrected chi connectivity index (χ4v) is 4.66. The van der Waals surface area contributed by atoms with Crippen molar-refractivity contribution in [1.82, 2.24) is 4.98 Å². The molecule has 0 atom stereocenters. The molecule has 1 heterocycles. The first-order valence-electron chi connectivity index (χ1n) is 9.96. The van der Waals surface area contributed by atoms with Crippen LogP contribution in [0.1, 0.15) is 12.5 Å². The van der Waals surface area contributed by atoms with E-state index in [9.17, 15) is 18.5 Å². The largest absolute Gasteiger partial charge is 0.375 e. The molecular weight excluding hydrogens is 430 g/mol. The highest BCUT2D eigenvalue weighted by atomic mass is 32.2. The second kappa shape index (κ2) is 9.65. The molecule has 0 aliphatic heterocycles. The van der Waals surface area contributed by atoms with Crippen molar-refractivity contribution in [2.24, 2.45) is 0 Å². The number of aromatic nitrogens is 1. The monoisotopic (exact) mass is 455 g/mol. The van der Waals surface area contributed by atoms with E-state index in [4.69, 9.17) is 0 Å². The van der Waals surface area contributed by atoms with Crippen molar-refractivity contribution in [3.8, 4) is 0 Å². The number of hydrogen-bond acceptors (Lipinski definition) is 7. The average Bonchev–Trinajstić information content (AvgIpc) is 2.78. The number of hydrogen-bond donors (Lipinski definition) is 1. The van der Waals surface area contributed by atoms with Crippen LogP contribution in [0.5, 0.6) is 0 Å². The van der Waals surface area contributed by atoms with E-state index in [1.807, 2.05) is 31.1 Å². The molecule has 3 rings (SSSR count). The molecule has 1 aromatic heterocycles. The van der Waals surface area contributed by atoms with Crippen LogP contribution < -0.4 is 14.5 Å². The molecule has 0 saturated carbocycles. The summed E-state index contributed by atoms with van der Waals surface area (Å²) >= 11 is 0. The van der Waals surface area contributed by atoms with Gasteiger partial charge in [-0.05, 0) is 42.8 Å². The number of anilines is 3. The fraction of sp³-hybridized carbons (Fsp3) is 0.227. The summed E-state index contributed by atoms with van der Waals surface area (Å²) in [7, 11) is -0.199. The lowest BCUT2D eigenvalue weighted by molar-refractivity contribution is -0.384. The van der Waals surface area contributed by atoms with Crippen molar-refractivity contribution < 1.29 is 13.3 Å². The number of nitro groups is 1. The number of nitro benzene ring substituents is 1. The van der Waals surface area contributed by atoms with E-state index in [1.165, 1.54) is 16.4 Å². The summed E-state index contributed by atoms with van der Waals surface area (Å²) < 4.78 is 27.6. The van der Waals surface area contributed by atoms with Crippen molar-refractivity contribution in [3.05, 3.63) is 82.5 Å². The van der Waals surface area contributed by atoms with Crippen LogP contribution in [0.2, 0.25) is 0 Å². The zero-order chi connectivity index (χ0) is 23.3. The van der Waals surface area contributed by atoms with Crippen LogP contribution >= 0.6 is 0 Å². The summed E-state index contributed by atoms with van der Waals surface area (Å²) in [5.74, 6) is 0.799. The maximum absolute atomic E-state index is 13.2. The van der Waals surface area contributed by atoms with Crippen LogP contribution in [0.15, 0.2) is 71.8 Å². The Balaban J connectivity index is 1.87. The number of nitrogens with one attached hydrogen (secondary N) is 1. The first kappa shape index (κ1) is 23.0. The Morgan fingerprint density at radius 3 is 2.34 bits per heavy atom. The minimum absolute atomic E-state index is 0.141. The molecular formula is C22H25N5O4S. The molecule has 0 radical (unpaired) electrons. The number of pyridine rings is 1. The topological polar surface area (TPSA) is 109 Å². The van der Waals surface area contributed by atoms with E-state index in [1.54, 1.807) is 43.5 Å². The second-order valence-corrected chi connectivity index (χ2v) is 9.08. The lowest BCUT2D eigenvalue weighted by atomic mass is 10.2. The van der Waals surface area contributed by atoms with Crippen molar-refractivity contribution in [3.63, 3.8) is 0 Å². The highest BCUT2D eigenvalue weighted by molar-refractivity contribution is 7.92. The standard InChI is InChI=1S/C22H25N5O4S/c1-4-26(18-8-6-5-7-9-18)32(30,31)19-11-12-20(21(14-19)27(28)29)23-15-17-10-13-22(24-16-17)25(2)3/h5-14,16,23H,4,15H2,1-3H3. The van der Waals surface area contributed by atoms with Crippen molar-refractivity contribution in [2.75, 3.05) is 35.2 Å². The highest BCUT2D eigenvalue weighted by Gasteiger charge is 2.27. The smallest absolute Gasteiger partial charge is 0.293 e. The Morgan fingerprint density at radius 2 is 1.78 bits per heavy atom. The summed E-state index contributed by atoms with van der Waals surface area (Å²) in [5.41, 5.74) is 1.25. The quantitative estimate of drug-likeness (QED) is 0.385. The van der Waals surface area contributed by atoms with Gasteiger partial charge >= 0.3 is 0 Å². The summed E-state index contributed by atoms with van der Waals surface area (Å²) in [5, 5.41) is 14.7. The summed E-state index contributed by atoms with van der Waals surface area (Å²) in [4.78, 5) is 17.1. The lowest BCUT2D eigenvalue weighted by Gasteiger charge is -2.23. The summed E-state index contributed by atoms with van der Waals surface area (Å²) in [6.45, 7) is 2.21. The van der Waals surface area contributed by atoms with Gasteiger partial charge in [0.2, 0.25) is 0 Å². The third-order valence-electron chi connectivity index (χ3n) is 4.84. The van der Waals surface area contributed by atoms with Gasteiger partial charge < -0.3 is 10.2 Å². The van der Waals surface area contributed by atoms with Crippen molar-refractivity contribution in [1.29, 1.82) is 0 Å². The Labute approximate surface area is 187 Å². The van der Waals surface area contributed by atoms with Crippen LogP contribution in [0, 0.1) is 10.1 Å². The second-order valence-electron chi connectivity index (χ2n) is 7.21. The highest BCUT2D eigenvalue weighted by Crippen LogP contribution is 2.31. The van der Waals surface area contributed by atoms with Gasteiger partial charge in [0, 0.05) is 39.4 Å². The van der Waals surface area contributed by atoms with E-state index in [0.717, 1.165) is 17.4 Å². The zero-order valence-corrected chi connectivity index (χ0v) is 18.9. The Kier molecular flexibility index (Phi) is 6.94. The van der Waals surface area contributed by atoms with Crippen LogP contribution in [0.4, 0.5) is 22.9 Å². The third kappa shape index (κ3) is 4.97. The Morgan fingerprint density at radius 1 is 1.06 bits per heavy atom. The molecule has 3 aromatic rings. The summed E-state index contributed by atoms with van der Waals surface area (Å²) in [6, 6.07) is 16.3. The van der Waals surface area contributed by atoms with E-state index in [2.05, 4.69) is 10.3 Å². The number of nitrogens with zero attached hydrogens (tertiary/aromatic N) is 4. The molecule has 168 valence electrons. The van der Waals surface area contributed by atoms with Crippen LogP contribution in [-0.2, 0) is 16.6 Å². The molecule has 2 aromatic carbocycles. The van der Waals surface area contributed by atoms with Gasteiger partial charge in [-0.25, -0.2) is 13.4 Å². The van der Waals surface area contributed by atoms with Crippen molar-refractivity contribution >= 4 is 32.9 Å².